The lowest BCUT2D eigenvalue weighted by atomic mass is 10.1. The Balaban J connectivity index is 1.61. The Morgan fingerprint density at radius 2 is 1.83 bits per heavy atom. The maximum Gasteiger partial charge on any atom is 0.250 e. The number of aromatic nitrogens is 3. The van der Waals surface area contributed by atoms with E-state index in [4.69, 9.17) is 4.74 Å². The van der Waals surface area contributed by atoms with Gasteiger partial charge in [-0.3, -0.25) is 4.79 Å². The van der Waals surface area contributed by atoms with Crippen LogP contribution in [0.25, 0.3) is 11.4 Å². The summed E-state index contributed by atoms with van der Waals surface area (Å²) >= 11 is 1.34. The summed E-state index contributed by atoms with van der Waals surface area (Å²) in [6.07, 6.45) is 0. The van der Waals surface area contributed by atoms with Crippen LogP contribution in [0, 0.1) is 6.92 Å². The van der Waals surface area contributed by atoms with Crippen LogP contribution in [0.1, 0.15) is 25.0 Å². The van der Waals surface area contributed by atoms with Gasteiger partial charge < -0.3 is 9.30 Å². The molecule has 0 atom stereocenters. The number of carbonyl (C=O) groups is 1. The number of hydrogen-bond acceptors (Lipinski definition) is 6. The van der Waals surface area contributed by atoms with E-state index in [-0.39, 0.29) is 11.7 Å². The zero-order valence-electron chi connectivity index (χ0n) is 17.5. The highest BCUT2D eigenvalue weighted by atomic mass is 32.2. The van der Waals surface area contributed by atoms with Crippen molar-refractivity contribution in [1.29, 1.82) is 0 Å². The highest BCUT2D eigenvalue weighted by molar-refractivity contribution is 7.99. The molecule has 0 aliphatic heterocycles. The molecule has 3 rings (SSSR count). The van der Waals surface area contributed by atoms with Crippen molar-refractivity contribution in [1.82, 2.24) is 20.2 Å². The van der Waals surface area contributed by atoms with Gasteiger partial charge in [-0.05, 0) is 50.6 Å². The molecule has 0 bridgehead atoms. The number of hydrogen-bond donors (Lipinski definition) is 1. The quantitative estimate of drug-likeness (QED) is 0.337. The number of methoxy groups -OCH3 is 1. The fraction of sp³-hybridized carbons (Fsp3) is 0.273. The van der Waals surface area contributed by atoms with E-state index in [0.29, 0.717) is 5.16 Å². The minimum absolute atomic E-state index is 0.199. The molecular formula is C22H25N5O2S. The maximum absolute atomic E-state index is 12.2. The van der Waals surface area contributed by atoms with Gasteiger partial charge in [-0.1, -0.05) is 41.6 Å². The lowest BCUT2D eigenvalue weighted by Gasteiger charge is -2.07. The molecule has 3 aromatic rings. The molecule has 0 aliphatic rings. The van der Waals surface area contributed by atoms with Crippen LogP contribution in [0.3, 0.4) is 0 Å². The summed E-state index contributed by atoms with van der Waals surface area (Å²) in [4.78, 5) is 12.2. The first-order valence-corrected chi connectivity index (χ1v) is 10.6. The van der Waals surface area contributed by atoms with Crippen molar-refractivity contribution >= 4 is 23.4 Å². The molecule has 30 heavy (non-hydrogen) atoms. The smallest absolute Gasteiger partial charge is 0.250 e. The second kappa shape index (κ2) is 10.1. The number of rotatable bonds is 8. The number of ether oxygens (including phenoxy) is 1. The molecule has 0 unspecified atom stereocenters. The molecule has 0 saturated heterocycles. The van der Waals surface area contributed by atoms with Gasteiger partial charge in [-0.15, -0.1) is 10.2 Å². The number of nitrogens with zero attached hydrogens (tertiary/aromatic N) is 4. The number of aryl methyl sites for hydroxylation is 1. The number of nitrogens with one attached hydrogen (secondary N) is 1. The first-order valence-electron chi connectivity index (χ1n) is 9.62. The van der Waals surface area contributed by atoms with Gasteiger partial charge in [0.25, 0.3) is 5.91 Å². The van der Waals surface area contributed by atoms with Gasteiger partial charge in [-0.25, -0.2) is 5.43 Å². The topological polar surface area (TPSA) is 81.4 Å². The first-order chi connectivity index (χ1) is 14.5. The minimum atomic E-state index is -0.199. The van der Waals surface area contributed by atoms with Crippen molar-refractivity contribution in [2.45, 2.75) is 32.5 Å². The van der Waals surface area contributed by atoms with E-state index in [1.54, 1.807) is 7.11 Å². The fourth-order valence-corrected chi connectivity index (χ4v) is 3.60. The Kier molecular flexibility index (Phi) is 7.24. The van der Waals surface area contributed by atoms with Gasteiger partial charge in [0.2, 0.25) is 0 Å². The molecule has 1 heterocycles. The van der Waals surface area contributed by atoms with Gasteiger partial charge in [0.15, 0.2) is 11.0 Å². The summed E-state index contributed by atoms with van der Waals surface area (Å²) in [6.45, 7) is 6.65. The van der Waals surface area contributed by atoms with Crippen LogP contribution in [0.2, 0.25) is 0 Å². The van der Waals surface area contributed by atoms with Crippen molar-refractivity contribution in [3.05, 3.63) is 59.7 Å². The standard InChI is InChI=1S/C22H25N5O2S/c1-5-27-21(18-8-6-15(2)7-9-18)25-26-22(27)30-14-20(28)24-23-16(3)17-10-12-19(29-4)13-11-17/h6-13H,5,14H2,1-4H3,(H,24,28)/b23-16-. The second-order valence-corrected chi connectivity index (χ2v) is 7.61. The Morgan fingerprint density at radius 1 is 1.13 bits per heavy atom. The van der Waals surface area contributed by atoms with Crippen LogP contribution in [0.4, 0.5) is 0 Å². The molecule has 8 heteroatoms. The minimum Gasteiger partial charge on any atom is -0.497 e. The number of hydrazone groups is 1. The highest BCUT2D eigenvalue weighted by Gasteiger charge is 2.14. The van der Waals surface area contributed by atoms with E-state index in [9.17, 15) is 4.79 Å². The molecular weight excluding hydrogens is 398 g/mol. The molecule has 1 amide bonds. The average Bonchev–Trinajstić information content (AvgIpc) is 3.19. The average molecular weight is 424 g/mol. The predicted molar refractivity (Wildman–Crippen MR) is 120 cm³/mol. The molecule has 1 N–H and O–H groups in total. The summed E-state index contributed by atoms with van der Waals surface area (Å²) in [5, 5.41) is 13.5. The Hall–Kier alpha value is -3.13. The van der Waals surface area contributed by atoms with Crippen molar-refractivity contribution in [2.24, 2.45) is 5.10 Å². The summed E-state index contributed by atoms with van der Waals surface area (Å²) in [6, 6.07) is 15.7. The molecule has 7 nitrogen and oxygen atoms in total. The van der Waals surface area contributed by atoms with E-state index in [2.05, 4.69) is 20.7 Å². The Bertz CT molecular complexity index is 1030. The fourth-order valence-electron chi connectivity index (χ4n) is 2.80. The molecule has 0 fully saturated rings. The van der Waals surface area contributed by atoms with Crippen molar-refractivity contribution in [2.75, 3.05) is 12.9 Å². The molecule has 156 valence electrons. The van der Waals surface area contributed by atoms with Crippen LogP contribution < -0.4 is 10.2 Å². The van der Waals surface area contributed by atoms with E-state index in [1.807, 2.05) is 73.9 Å². The van der Waals surface area contributed by atoms with Crippen molar-refractivity contribution < 1.29 is 9.53 Å². The third-order valence-corrected chi connectivity index (χ3v) is 5.50. The third kappa shape index (κ3) is 5.27. The van der Waals surface area contributed by atoms with Gasteiger partial charge in [0, 0.05) is 12.1 Å². The SMILES string of the molecule is CCn1c(SCC(=O)N/N=C(/C)c2ccc(OC)cc2)nnc1-c1ccc(C)cc1. The van der Waals surface area contributed by atoms with Crippen LogP contribution in [-0.2, 0) is 11.3 Å². The first kappa shape index (κ1) is 21.6. The lowest BCUT2D eigenvalue weighted by Crippen LogP contribution is -2.21. The van der Waals surface area contributed by atoms with Gasteiger partial charge in [0.1, 0.15) is 5.75 Å². The molecule has 0 spiro atoms. The summed E-state index contributed by atoms with van der Waals surface area (Å²) in [5.74, 6) is 1.58. The predicted octanol–water partition coefficient (Wildman–Crippen LogP) is 3.91. The summed E-state index contributed by atoms with van der Waals surface area (Å²) < 4.78 is 7.16. The lowest BCUT2D eigenvalue weighted by molar-refractivity contribution is -0.118. The van der Waals surface area contributed by atoms with Crippen molar-refractivity contribution in [3.63, 3.8) is 0 Å². The van der Waals surface area contributed by atoms with Crippen LogP contribution in [0.5, 0.6) is 5.75 Å². The zero-order chi connectivity index (χ0) is 21.5. The van der Waals surface area contributed by atoms with E-state index in [0.717, 1.165) is 35.0 Å². The second-order valence-electron chi connectivity index (χ2n) is 6.67. The number of amides is 1. The van der Waals surface area contributed by atoms with Gasteiger partial charge >= 0.3 is 0 Å². The van der Waals surface area contributed by atoms with E-state index < -0.39 is 0 Å². The largest absolute Gasteiger partial charge is 0.497 e. The Morgan fingerprint density at radius 3 is 2.47 bits per heavy atom. The van der Waals surface area contributed by atoms with Crippen LogP contribution in [-0.4, -0.2) is 39.2 Å². The van der Waals surface area contributed by atoms with E-state index in [1.165, 1.54) is 17.3 Å². The monoisotopic (exact) mass is 423 g/mol. The molecule has 0 saturated carbocycles. The molecule has 1 aromatic heterocycles. The Labute approximate surface area is 180 Å². The van der Waals surface area contributed by atoms with Gasteiger partial charge in [0.05, 0.1) is 18.6 Å². The summed E-state index contributed by atoms with van der Waals surface area (Å²) in [7, 11) is 1.62. The van der Waals surface area contributed by atoms with Gasteiger partial charge in [-0.2, -0.15) is 5.10 Å². The molecule has 0 aliphatic carbocycles. The van der Waals surface area contributed by atoms with E-state index >= 15 is 0 Å². The number of benzene rings is 2. The van der Waals surface area contributed by atoms with Crippen LogP contribution in [0.15, 0.2) is 58.8 Å². The van der Waals surface area contributed by atoms with Crippen molar-refractivity contribution in [3.8, 4) is 17.1 Å². The highest BCUT2D eigenvalue weighted by Crippen LogP contribution is 2.24. The normalized spacial score (nSPS) is 11.4. The third-order valence-electron chi connectivity index (χ3n) is 4.53. The zero-order valence-corrected chi connectivity index (χ0v) is 18.4. The van der Waals surface area contributed by atoms with Crippen LogP contribution >= 0.6 is 11.8 Å². The molecule has 0 radical (unpaired) electrons. The summed E-state index contributed by atoms with van der Waals surface area (Å²) in [5.41, 5.74) is 6.43. The molecule has 2 aromatic carbocycles. The number of carbonyl (C=O) groups excluding carboxylic acids is 1. The number of thioether (sulfide) groups is 1. The maximum atomic E-state index is 12.2.